The molecule has 3 atom stereocenters. The van der Waals surface area contributed by atoms with Crippen LogP contribution in [-0.2, 0) is 47.7 Å². The molecule has 19 heteroatoms. The Balaban J connectivity index is 0. The summed E-state index contributed by atoms with van der Waals surface area (Å²) in [7, 11) is 0. The van der Waals surface area contributed by atoms with Crippen LogP contribution in [-0.4, -0.2) is 153 Å². The van der Waals surface area contributed by atoms with Crippen molar-refractivity contribution in [2.45, 2.75) is 76.9 Å². The number of carboxylic acids is 1. The van der Waals surface area contributed by atoms with E-state index in [0.717, 1.165) is 0 Å². The number of aliphatic hydroxyl groups is 3. The average molecular weight is 712 g/mol. The van der Waals surface area contributed by atoms with Crippen molar-refractivity contribution in [3.05, 3.63) is 0 Å². The first-order valence-corrected chi connectivity index (χ1v) is 16.1. The largest absolute Gasteiger partial charge is 0.480 e. The number of carbonyl (C=O) groups excluding carboxylic acids is 5. The number of carbonyl (C=O) groups is 6. The van der Waals surface area contributed by atoms with E-state index in [0.29, 0.717) is 38.8 Å². The fourth-order valence-corrected chi connectivity index (χ4v) is 3.67. The molecular weight excluding hydrogens is 654 g/mol. The Morgan fingerprint density at radius 2 is 1.14 bits per heavy atom. The van der Waals surface area contributed by atoms with Crippen LogP contribution < -0.4 is 27.0 Å². The van der Waals surface area contributed by atoms with Crippen molar-refractivity contribution in [3.8, 4) is 0 Å². The fourth-order valence-electron chi connectivity index (χ4n) is 3.67. The summed E-state index contributed by atoms with van der Waals surface area (Å²) in [6.45, 7) is 3.62. The maximum Gasteiger partial charge on any atom is 0.326 e. The van der Waals surface area contributed by atoms with Crippen molar-refractivity contribution >= 4 is 35.4 Å². The van der Waals surface area contributed by atoms with Gasteiger partial charge in [0.2, 0.25) is 23.6 Å². The number of aliphatic hydroxyl groups excluding tert-OH is 2. The zero-order chi connectivity index (χ0) is 37.3. The van der Waals surface area contributed by atoms with Crippen LogP contribution in [0.4, 0.5) is 0 Å². The second-order valence-electron chi connectivity index (χ2n) is 10.7. The number of carboxylic acid groups (broad SMARTS) is 1. The Labute approximate surface area is 286 Å². The molecule has 0 aromatic rings. The van der Waals surface area contributed by atoms with E-state index in [-0.39, 0.29) is 108 Å². The lowest BCUT2D eigenvalue weighted by Gasteiger charge is -2.16. The molecule has 0 spiro atoms. The number of ether oxygens (including phenoxy) is 4. The van der Waals surface area contributed by atoms with E-state index in [4.69, 9.17) is 40.0 Å². The molecule has 0 aliphatic rings. The van der Waals surface area contributed by atoms with E-state index < -0.39 is 31.3 Å². The minimum absolute atomic E-state index is 0.00386. The lowest BCUT2D eigenvalue weighted by molar-refractivity contribution is -0.143. The van der Waals surface area contributed by atoms with E-state index in [2.05, 4.69) is 21.3 Å². The van der Waals surface area contributed by atoms with Crippen LogP contribution in [0.5, 0.6) is 0 Å². The summed E-state index contributed by atoms with van der Waals surface area (Å²) in [5.74, 6) is -2.76. The zero-order valence-electron chi connectivity index (χ0n) is 28.6. The van der Waals surface area contributed by atoms with Gasteiger partial charge in [-0.2, -0.15) is 0 Å². The molecule has 0 aromatic carbocycles. The van der Waals surface area contributed by atoms with Crippen LogP contribution in [0.25, 0.3) is 0 Å². The number of nitrogens with one attached hydrogen (secondary N) is 4. The number of Topliss-reactive ketones (excluding diaryl/α,β-unsaturated/α-hetero) is 1. The minimum Gasteiger partial charge on any atom is -0.480 e. The molecule has 0 bridgehead atoms. The zero-order valence-corrected chi connectivity index (χ0v) is 28.6. The van der Waals surface area contributed by atoms with Crippen molar-refractivity contribution < 1.29 is 68.1 Å². The molecule has 0 fully saturated rings. The molecule has 19 nitrogen and oxygen atoms in total. The summed E-state index contributed by atoms with van der Waals surface area (Å²) in [5, 5.41) is 42.7. The number of rotatable bonds is 30. The molecular formula is C30H57N5O14. The smallest absolute Gasteiger partial charge is 0.326 e. The quantitative estimate of drug-likeness (QED) is 0.0264. The summed E-state index contributed by atoms with van der Waals surface area (Å²) in [6.07, 6.45) is 1.85. The number of hydrogen-bond acceptors (Lipinski definition) is 14. The number of amides is 4. The van der Waals surface area contributed by atoms with Gasteiger partial charge in [0, 0.05) is 51.0 Å². The average Bonchev–Trinajstić information content (AvgIpc) is 3.03. The molecule has 0 rings (SSSR count). The van der Waals surface area contributed by atoms with Gasteiger partial charge in [-0.05, 0) is 39.5 Å². The highest BCUT2D eigenvalue weighted by atomic mass is 16.5. The first-order chi connectivity index (χ1) is 23.4. The summed E-state index contributed by atoms with van der Waals surface area (Å²) in [5.41, 5.74) is 5.73. The van der Waals surface area contributed by atoms with Crippen molar-refractivity contribution in [1.29, 1.82) is 0 Å². The molecule has 286 valence electrons. The van der Waals surface area contributed by atoms with Crippen molar-refractivity contribution in [2.75, 3.05) is 79.3 Å². The van der Waals surface area contributed by atoms with E-state index in [1.165, 1.54) is 6.92 Å². The maximum atomic E-state index is 12.0. The normalized spacial score (nSPS) is 12.4. The van der Waals surface area contributed by atoms with Gasteiger partial charge in [-0.1, -0.05) is 0 Å². The third kappa shape index (κ3) is 34.4. The van der Waals surface area contributed by atoms with E-state index in [9.17, 15) is 33.9 Å². The Morgan fingerprint density at radius 3 is 1.67 bits per heavy atom. The molecule has 0 aliphatic heterocycles. The molecule has 0 heterocycles. The van der Waals surface area contributed by atoms with Crippen LogP contribution >= 0.6 is 0 Å². The SMILES string of the molecule is CC(=O)CC[C@@H](C)NC(=O)CC[C@H](NC(=O)COCCOCCNC(=O)COCCOCCNC(=O)CC[C@H](N)CCO)C(=O)O.OCO. The number of aliphatic carboxylic acids is 1. The lowest BCUT2D eigenvalue weighted by atomic mass is 10.1. The molecule has 0 radical (unpaired) electrons. The highest BCUT2D eigenvalue weighted by Gasteiger charge is 2.21. The Morgan fingerprint density at radius 1 is 0.633 bits per heavy atom. The third-order valence-electron chi connectivity index (χ3n) is 6.22. The van der Waals surface area contributed by atoms with Gasteiger partial charge >= 0.3 is 5.97 Å². The van der Waals surface area contributed by atoms with Crippen molar-refractivity contribution in [1.82, 2.24) is 21.3 Å². The van der Waals surface area contributed by atoms with Crippen LogP contribution in [0.1, 0.15) is 58.8 Å². The van der Waals surface area contributed by atoms with Gasteiger partial charge < -0.3 is 71.2 Å². The number of hydrogen-bond donors (Lipinski definition) is 9. The summed E-state index contributed by atoms with van der Waals surface area (Å²) >= 11 is 0. The van der Waals surface area contributed by atoms with Gasteiger partial charge in [-0.15, -0.1) is 0 Å². The number of ketones is 1. The van der Waals surface area contributed by atoms with Crippen LogP contribution in [0.2, 0.25) is 0 Å². The predicted octanol–water partition coefficient (Wildman–Crippen LogP) is -3.07. The Hall–Kier alpha value is -3.30. The first-order valence-electron chi connectivity index (χ1n) is 16.1. The predicted molar refractivity (Wildman–Crippen MR) is 174 cm³/mol. The van der Waals surface area contributed by atoms with Gasteiger partial charge in [0.15, 0.2) is 0 Å². The second kappa shape index (κ2) is 33.2. The van der Waals surface area contributed by atoms with Gasteiger partial charge in [0.05, 0.1) is 39.6 Å². The molecule has 49 heavy (non-hydrogen) atoms. The van der Waals surface area contributed by atoms with E-state index in [1.807, 2.05) is 0 Å². The van der Waals surface area contributed by atoms with Gasteiger partial charge in [-0.25, -0.2) is 4.79 Å². The molecule has 0 aromatic heterocycles. The fraction of sp³-hybridized carbons (Fsp3) is 0.800. The highest BCUT2D eigenvalue weighted by Crippen LogP contribution is 2.02. The topological polar surface area (TPSA) is 294 Å². The first kappa shape index (κ1) is 47.8. The maximum absolute atomic E-state index is 12.0. The monoisotopic (exact) mass is 711 g/mol. The second-order valence-corrected chi connectivity index (χ2v) is 10.7. The van der Waals surface area contributed by atoms with Crippen LogP contribution in [0, 0.1) is 0 Å². The van der Waals surface area contributed by atoms with Crippen LogP contribution in [0.3, 0.4) is 0 Å². The molecule has 4 amide bonds. The van der Waals surface area contributed by atoms with Crippen LogP contribution in [0.15, 0.2) is 0 Å². The van der Waals surface area contributed by atoms with Gasteiger partial charge in [0.1, 0.15) is 31.8 Å². The summed E-state index contributed by atoms with van der Waals surface area (Å²) in [6, 6.07) is -1.69. The van der Waals surface area contributed by atoms with Gasteiger partial charge in [0.25, 0.3) is 0 Å². The number of nitrogens with two attached hydrogens (primary N) is 1. The highest BCUT2D eigenvalue weighted by molar-refractivity contribution is 5.85. The third-order valence-corrected chi connectivity index (χ3v) is 6.22. The minimum atomic E-state index is -1.28. The van der Waals surface area contributed by atoms with Gasteiger partial charge in [-0.3, -0.25) is 19.2 Å². The Kier molecular flexibility index (Phi) is 32.4. The van der Waals surface area contributed by atoms with E-state index in [1.54, 1.807) is 6.92 Å². The standard InChI is InChI=1S/C29H53N5O12.CH4O2/c1-21(3-4-22(2)36)33-26(38)8-6-24(29(41)42)34-28(40)20-46-18-16-44-14-11-32-27(39)19-45-17-15-43-13-10-31-25(37)7-5-23(30)9-12-35;2-1-3/h21,23-24,35H,3-20,30H2,1-2H3,(H,31,37)(H,32,39)(H,33,38)(H,34,40)(H,41,42);2-3H,1H2/t21-,23+,24+;/m1./s1. The molecule has 0 saturated heterocycles. The molecule has 10 N–H and O–H groups in total. The summed E-state index contributed by atoms with van der Waals surface area (Å²) in [4.78, 5) is 70.0. The molecule has 0 unspecified atom stereocenters. The lowest BCUT2D eigenvalue weighted by Crippen LogP contribution is -2.43. The summed E-state index contributed by atoms with van der Waals surface area (Å²) < 4.78 is 21.0. The molecule has 0 saturated carbocycles. The van der Waals surface area contributed by atoms with Crippen molar-refractivity contribution in [3.63, 3.8) is 0 Å². The Bertz CT molecular complexity index is 927. The molecule has 0 aliphatic carbocycles. The van der Waals surface area contributed by atoms with Crippen molar-refractivity contribution in [2.24, 2.45) is 5.73 Å². The van der Waals surface area contributed by atoms with E-state index >= 15 is 0 Å².